The Morgan fingerprint density at radius 1 is 1.25 bits per heavy atom. The standard InChI is InChI=1S/C18H16N6O2S2/c1-11(27-18-21-22-23-24(18)12-6-4-3-5-7-12)16(25)20-17-19-14-9-8-13(26-2)10-15(14)28-17/h3-11H,1-2H3,(H,19,20,25). The fourth-order valence-electron chi connectivity index (χ4n) is 2.49. The van der Waals surface area contributed by atoms with Gasteiger partial charge in [0.05, 0.1) is 28.3 Å². The third-order valence-corrected chi connectivity index (χ3v) is 5.89. The number of amides is 1. The lowest BCUT2D eigenvalue weighted by Gasteiger charge is -2.10. The number of hydrogen-bond acceptors (Lipinski definition) is 8. The number of tetrazole rings is 1. The van der Waals surface area contributed by atoms with E-state index in [0.29, 0.717) is 10.3 Å². The van der Waals surface area contributed by atoms with Crippen molar-refractivity contribution < 1.29 is 9.53 Å². The molecule has 1 unspecified atom stereocenters. The van der Waals surface area contributed by atoms with Crippen molar-refractivity contribution in [1.82, 2.24) is 25.2 Å². The molecule has 142 valence electrons. The number of aromatic nitrogens is 5. The fraction of sp³-hybridized carbons (Fsp3) is 0.167. The smallest absolute Gasteiger partial charge is 0.239 e. The molecule has 1 atom stereocenters. The average Bonchev–Trinajstić information content (AvgIpc) is 3.34. The summed E-state index contributed by atoms with van der Waals surface area (Å²) in [6.07, 6.45) is 0. The number of thioether (sulfide) groups is 1. The summed E-state index contributed by atoms with van der Waals surface area (Å²) in [7, 11) is 1.62. The number of thiazole rings is 1. The van der Waals surface area contributed by atoms with Gasteiger partial charge in [-0.05, 0) is 47.7 Å². The number of ether oxygens (including phenoxy) is 1. The fourth-order valence-corrected chi connectivity index (χ4v) is 4.19. The van der Waals surface area contributed by atoms with Crippen molar-refractivity contribution in [2.45, 2.75) is 17.3 Å². The molecule has 4 rings (SSSR count). The van der Waals surface area contributed by atoms with Crippen LogP contribution in [0.5, 0.6) is 5.75 Å². The first-order chi connectivity index (χ1) is 13.6. The Morgan fingerprint density at radius 3 is 2.86 bits per heavy atom. The monoisotopic (exact) mass is 412 g/mol. The molecule has 0 aliphatic carbocycles. The summed E-state index contributed by atoms with van der Waals surface area (Å²) in [6.45, 7) is 1.81. The van der Waals surface area contributed by atoms with Crippen LogP contribution < -0.4 is 10.1 Å². The molecule has 0 spiro atoms. The highest BCUT2D eigenvalue weighted by Crippen LogP contribution is 2.30. The predicted molar refractivity (Wildman–Crippen MR) is 109 cm³/mol. The zero-order chi connectivity index (χ0) is 19.5. The van der Waals surface area contributed by atoms with Crippen molar-refractivity contribution in [3.8, 4) is 11.4 Å². The Bertz CT molecular complexity index is 1110. The molecule has 2 aromatic heterocycles. The SMILES string of the molecule is COc1ccc2nc(NC(=O)C(C)Sc3nnnn3-c3ccccc3)sc2c1. The molecule has 1 amide bonds. The number of anilines is 1. The second-order valence-electron chi connectivity index (χ2n) is 5.81. The highest BCUT2D eigenvalue weighted by Gasteiger charge is 2.20. The van der Waals surface area contributed by atoms with Crippen LogP contribution in [0.2, 0.25) is 0 Å². The number of benzene rings is 2. The first-order valence-electron chi connectivity index (χ1n) is 8.40. The lowest BCUT2D eigenvalue weighted by atomic mass is 10.3. The quantitative estimate of drug-likeness (QED) is 0.485. The molecule has 0 fully saturated rings. The minimum Gasteiger partial charge on any atom is -0.497 e. The van der Waals surface area contributed by atoms with Gasteiger partial charge in [0.1, 0.15) is 5.75 Å². The van der Waals surface area contributed by atoms with Crippen LogP contribution in [-0.2, 0) is 4.79 Å². The minimum atomic E-state index is -0.407. The van der Waals surface area contributed by atoms with E-state index in [1.165, 1.54) is 23.1 Å². The maximum Gasteiger partial charge on any atom is 0.239 e. The molecule has 2 aromatic carbocycles. The number of rotatable bonds is 6. The lowest BCUT2D eigenvalue weighted by molar-refractivity contribution is -0.115. The summed E-state index contributed by atoms with van der Waals surface area (Å²) >= 11 is 2.69. The van der Waals surface area contributed by atoms with Gasteiger partial charge in [-0.1, -0.05) is 41.3 Å². The second kappa shape index (κ2) is 7.95. The number of carbonyl (C=O) groups is 1. The molecule has 4 aromatic rings. The maximum atomic E-state index is 12.6. The largest absolute Gasteiger partial charge is 0.497 e. The molecule has 28 heavy (non-hydrogen) atoms. The zero-order valence-electron chi connectivity index (χ0n) is 15.1. The van der Waals surface area contributed by atoms with Gasteiger partial charge in [-0.3, -0.25) is 4.79 Å². The van der Waals surface area contributed by atoms with Gasteiger partial charge < -0.3 is 10.1 Å². The van der Waals surface area contributed by atoms with Crippen LogP contribution in [0.15, 0.2) is 53.7 Å². The number of para-hydroxylation sites is 1. The Morgan fingerprint density at radius 2 is 2.07 bits per heavy atom. The molecule has 0 aliphatic heterocycles. The van der Waals surface area contributed by atoms with E-state index >= 15 is 0 Å². The van der Waals surface area contributed by atoms with E-state index < -0.39 is 5.25 Å². The maximum absolute atomic E-state index is 12.6. The molecule has 0 saturated carbocycles. The molecule has 0 aliphatic rings. The van der Waals surface area contributed by atoms with Gasteiger partial charge in [0, 0.05) is 0 Å². The van der Waals surface area contributed by atoms with E-state index in [2.05, 4.69) is 25.8 Å². The van der Waals surface area contributed by atoms with E-state index in [0.717, 1.165) is 21.7 Å². The second-order valence-corrected chi connectivity index (χ2v) is 8.15. The van der Waals surface area contributed by atoms with Crippen molar-refractivity contribution in [3.63, 3.8) is 0 Å². The van der Waals surface area contributed by atoms with Crippen LogP contribution in [0, 0.1) is 0 Å². The molecule has 0 bridgehead atoms. The number of methoxy groups -OCH3 is 1. The highest BCUT2D eigenvalue weighted by atomic mass is 32.2. The van der Waals surface area contributed by atoms with Crippen molar-refractivity contribution in [1.29, 1.82) is 0 Å². The van der Waals surface area contributed by atoms with Crippen LogP contribution in [-0.4, -0.2) is 43.5 Å². The zero-order valence-corrected chi connectivity index (χ0v) is 16.7. The van der Waals surface area contributed by atoms with E-state index in [9.17, 15) is 4.79 Å². The molecule has 0 radical (unpaired) electrons. The van der Waals surface area contributed by atoms with Crippen LogP contribution in [0.1, 0.15) is 6.92 Å². The predicted octanol–water partition coefficient (Wildman–Crippen LogP) is 3.40. The van der Waals surface area contributed by atoms with Crippen molar-refractivity contribution in [2.75, 3.05) is 12.4 Å². The van der Waals surface area contributed by atoms with Crippen LogP contribution in [0.25, 0.3) is 15.9 Å². The number of carbonyl (C=O) groups excluding carboxylic acids is 1. The van der Waals surface area contributed by atoms with Gasteiger partial charge in [0.2, 0.25) is 11.1 Å². The number of fused-ring (bicyclic) bond motifs is 1. The summed E-state index contributed by atoms with van der Waals surface area (Å²) in [5.41, 5.74) is 1.65. The molecule has 8 nitrogen and oxygen atoms in total. The summed E-state index contributed by atoms with van der Waals surface area (Å²) < 4.78 is 7.78. The van der Waals surface area contributed by atoms with Gasteiger partial charge in [0.15, 0.2) is 5.13 Å². The first-order valence-corrected chi connectivity index (χ1v) is 10.1. The number of nitrogens with one attached hydrogen (secondary N) is 1. The summed E-state index contributed by atoms with van der Waals surface area (Å²) in [4.78, 5) is 17.1. The van der Waals surface area contributed by atoms with Crippen LogP contribution in [0.3, 0.4) is 0 Å². The molecular formula is C18H16N6O2S2. The van der Waals surface area contributed by atoms with Gasteiger partial charge >= 0.3 is 0 Å². The number of nitrogens with zero attached hydrogens (tertiary/aromatic N) is 5. The van der Waals surface area contributed by atoms with Crippen molar-refractivity contribution in [3.05, 3.63) is 48.5 Å². The van der Waals surface area contributed by atoms with Crippen molar-refractivity contribution in [2.24, 2.45) is 0 Å². The van der Waals surface area contributed by atoms with Crippen LogP contribution in [0.4, 0.5) is 5.13 Å². The third-order valence-electron chi connectivity index (χ3n) is 3.92. The third kappa shape index (κ3) is 3.82. The Labute approximate surface area is 168 Å². The topological polar surface area (TPSA) is 94.8 Å². The first kappa shape index (κ1) is 18.4. The Balaban J connectivity index is 1.47. The summed E-state index contributed by atoms with van der Waals surface area (Å²) in [5.74, 6) is 0.587. The van der Waals surface area contributed by atoms with E-state index in [-0.39, 0.29) is 5.91 Å². The van der Waals surface area contributed by atoms with Gasteiger partial charge in [0.25, 0.3) is 0 Å². The molecule has 0 saturated heterocycles. The summed E-state index contributed by atoms with van der Waals surface area (Å²) in [6, 6.07) is 15.1. The van der Waals surface area contributed by atoms with E-state index in [1.54, 1.807) is 18.7 Å². The Hall–Kier alpha value is -2.98. The van der Waals surface area contributed by atoms with Crippen molar-refractivity contribution >= 4 is 44.4 Å². The normalized spacial score (nSPS) is 12.1. The van der Waals surface area contributed by atoms with E-state index in [1.807, 2.05) is 48.5 Å². The number of hydrogen-bond donors (Lipinski definition) is 1. The van der Waals surface area contributed by atoms with Gasteiger partial charge in [-0.15, -0.1) is 5.10 Å². The molecule has 1 N–H and O–H groups in total. The summed E-state index contributed by atoms with van der Waals surface area (Å²) in [5, 5.41) is 15.3. The molecule has 2 heterocycles. The van der Waals surface area contributed by atoms with E-state index in [4.69, 9.17) is 4.74 Å². The van der Waals surface area contributed by atoms with Crippen LogP contribution >= 0.6 is 23.1 Å². The molecule has 10 heteroatoms. The Kier molecular flexibility index (Phi) is 5.22. The highest BCUT2D eigenvalue weighted by molar-refractivity contribution is 8.00. The lowest BCUT2D eigenvalue weighted by Crippen LogP contribution is -2.22. The minimum absolute atomic E-state index is 0.168. The van der Waals surface area contributed by atoms with Gasteiger partial charge in [-0.2, -0.15) is 4.68 Å². The molecular weight excluding hydrogens is 396 g/mol. The van der Waals surface area contributed by atoms with Gasteiger partial charge in [-0.25, -0.2) is 4.98 Å². The average molecular weight is 413 g/mol.